The van der Waals surface area contributed by atoms with Crippen molar-refractivity contribution in [3.8, 4) is 0 Å². The van der Waals surface area contributed by atoms with Crippen LogP contribution in [0.1, 0.15) is 32.6 Å². The molecule has 3 aromatic rings. The Bertz CT molecular complexity index is 1150. The average Bonchev–Trinajstić information content (AvgIpc) is 2.72. The number of nitrogens with zero attached hydrogens (tertiary/aromatic N) is 1. The smallest absolute Gasteiger partial charge is 0.255 e. The fourth-order valence-electron chi connectivity index (χ4n) is 3.07. The number of carbonyl (C=O) groups is 1. The second-order valence-corrected chi connectivity index (χ2v) is 9.52. The Hall–Kier alpha value is -2.96. The van der Waals surface area contributed by atoms with Crippen LogP contribution >= 0.6 is 0 Å². The van der Waals surface area contributed by atoms with E-state index in [0.29, 0.717) is 5.56 Å². The Labute approximate surface area is 178 Å². The van der Waals surface area contributed by atoms with E-state index in [9.17, 15) is 13.2 Å². The van der Waals surface area contributed by atoms with Gasteiger partial charge in [-0.1, -0.05) is 42.0 Å². The van der Waals surface area contributed by atoms with Gasteiger partial charge in [-0.05, 0) is 67.8 Å². The van der Waals surface area contributed by atoms with E-state index < -0.39 is 10.0 Å². The van der Waals surface area contributed by atoms with E-state index in [1.807, 2.05) is 39.0 Å². The summed E-state index contributed by atoms with van der Waals surface area (Å²) in [4.78, 5) is 12.8. The molecule has 0 saturated heterocycles. The first-order valence-corrected chi connectivity index (χ1v) is 11.1. The van der Waals surface area contributed by atoms with E-state index in [-0.39, 0.29) is 17.3 Å². The standard InChI is InChI=1S/C24H26N2O3S/c1-17-8-14-22(15-9-17)30(28,29)26(4)16-20-10-12-21(13-11-20)24(27)25-23-7-5-6-18(2)19(23)3/h5-15H,16H2,1-4H3,(H,25,27). The summed E-state index contributed by atoms with van der Waals surface area (Å²) in [5, 5.41) is 2.93. The molecule has 6 heteroatoms. The predicted molar refractivity (Wildman–Crippen MR) is 120 cm³/mol. The van der Waals surface area contributed by atoms with Crippen molar-refractivity contribution in [2.45, 2.75) is 32.2 Å². The first-order valence-electron chi connectivity index (χ1n) is 9.68. The largest absolute Gasteiger partial charge is 0.322 e. The van der Waals surface area contributed by atoms with Crippen LogP contribution in [0.4, 0.5) is 5.69 Å². The Morgan fingerprint density at radius 3 is 2.17 bits per heavy atom. The predicted octanol–water partition coefficient (Wildman–Crippen LogP) is 4.68. The van der Waals surface area contributed by atoms with E-state index in [1.54, 1.807) is 55.6 Å². The van der Waals surface area contributed by atoms with Gasteiger partial charge in [-0.2, -0.15) is 4.31 Å². The highest BCUT2D eigenvalue weighted by Crippen LogP contribution is 2.20. The van der Waals surface area contributed by atoms with Crippen molar-refractivity contribution in [3.63, 3.8) is 0 Å². The van der Waals surface area contributed by atoms with Gasteiger partial charge in [-0.15, -0.1) is 0 Å². The summed E-state index contributed by atoms with van der Waals surface area (Å²) in [5.41, 5.74) is 5.26. The molecule has 3 rings (SSSR count). The lowest BCUT2D eigenvalue weighted by atomic mass is 10.1. The fraction of sp³-hybridized carbons (Fsp3) is 0.208. The topological polar surface area (TPSA) is 66.5 Å². The van der Waals surface area contributed by atoms with E-state index in [4.69, 9.17) is 0 Å². The molecule has 0 aliphatic heterocycles. The van der Waals surface area contributed by atoms with Gasteiger partial charge < -0.3 is 5.32 Å². The molecule has 3 aromatic carbocycles. The number of aryl methyl sites for hydroxylation is 2. The van der Waals surface area contributed by atoms with E-state index >= 15 is 0 Å². The van der Waals surface area contributed by atoms with Crippen LogP contribution in [0.5, 0.6) is 0 Å². The van der Waals surface area contributed by atoms with Crippen LogP contribution in [-0.4, -0.2) is 25.7 Å². The maximum atomic E-state index is 12.7. The van der Waals surface area contributed by atoms with Crippen molar-refractivity contribution < 1.29 is 13.2 Å². The van der Waals surface area contributed by atoms with E-state index in [2.05, 4.69) is 5.32 Å². The number of nitrogens with one attached hydrogen (secondary N) is 1. The number of amides is 1. The third-order valence-corrected chi connectivity index (χ3v) is 7.02. The maximum absolute atomic E-state index is 12.7. The minimum absolute atomic E-state index is 0.198. The molecule has 156 valence electrons. The SMILES string of the molecule is Cc1ccc(S(=O)(=O)N(C)Cc2ccc(C(=O)Nc3cccc(C)c3C)cc2)cc1. The molecule has 0 spiro atoms. The highest BCUT2D eigenvalue weighted by atomic mass is 32.2. The summed E-state index contributed by atoms with van der Waals surface area (Å²) in [5.74, 6) is -0.198. The molecule has 0 atom stereocenters. The number of sulfonamides is 1. The van der Waals surface area contributed by atoms with Crippen LogP contribution < -0.4 is 5.32 Å². The van der Waals surface area contributed by atoms with Crippen LogP contribution in [-0.2, 0) is 16.6 Å². The van der Waals surface area contributed by atoms with Gasteiger partial charge >= 0.3 is 0 Å². The van der Waals surface area contributed by atoms with Crippen molar-refractivity contribution in [3.05, 3.63) is 94.5 Å². The van der Waals surface area contributed by atoms with Gasteiger partial charge in [0, 0.05) is 24.8 Å². The summed E-state index contributed by atoms with van der Waals surface area (Å²) in [6.45, 7) is 6.10. The molecule has 1 amide bonds. The Balaban J connectivity index is 1.70. The third kappa shape index (κ3) is 4.78. The summed E-state index contributed by atoms with van der Waals surface area (Å²) in [6.07, 6.45) is 0. The number of rotatable bonds is 6. The zero-order valence-electron chi connectivity index (χ0n) is 17.6. The lowest BCUT2D eigenvalue weighted by molar-refractivity contribution is 0.102. The highest BCUT2D eigenvalue weighted by molar-refractivity contribution is 7.89. The molecule has 0 radical (unpaired) electrons. The Morgan fingerprint density at radius 2 is 1.53 bits per heavy atom. The molecule has 0 heterocycles. The molecule has 0 saturated carbocycles. The first-order chi connectivity index (χ1) is 14.2. The van der Waals surface area contributed by atoms with Gasteiger partial charge in [0.1, 0.15) is 0 Å². The maximum Gasteiger partial charge on any atom is 0.255 e. The van der Waals surface area contributed by atoms with E-state index in [0.717, 1.165) is 27.9 Å². The van der Waals surface area contributed by atoms with Gasteiger partial charge in [-0.25, -0.2) is 8.42 Å². The van der Waals surface area contributed by atoms with Crippen LogP contribution in [0.15, 0.2) is 71.6 Å². The number of anilines is 1. The summed E-state index contributed by atoms with van der Waals surface area (Å²) >= 11 is 0. The van der Waals surface area contributed by atoms with Gasteiger partial charge in [-0.3, -0.25) is 4.79 Å². The van der Waals surface area contributed by atoms with Crippen LogP contribution in [0, 0.1) is 20.8 Å². The third-order valence-electron chi connectivity index (χ3n) is 5.20. The second kappa shape index (κ2) is 8.81. The van der Waals surface area contributed by atoms with Crippen molar-refractivity contribution >= 4 is 21.6 Å². The van der Waals surface area contributed by atoms with Gasteiger partial charge in [0.2, 0.25) is 10.0 Å². The Kier molecular flexibility index (Phi) is 6.39. The number of hydrogen-bond acceptors (Lipinski definition) is 3. The molecule has 0 unspecified atom stereocenters. The second-order valence-electron chi connectivity index (χ2n) is 7.47. The zero-order valence-corrected chi connectivity index (χ0v) is 18.5. The van der Waals surface area contributed by atoms with Crippen LogP contribution in [0.2, 0.25) is 0 Å². The monoisotopic (exact) mass is 422 g/mol. The lowest BCUT2D eigenvalue weighted by Gasteiger charge is -2.17. The Morgan fingerprint density at radius 1 is 0.900 bits per heavy atom. The van der Waals surface area contributed by atoms with Gasteiger partial charge in [0.15, 0.2) is 0 Å². The molecule has 0 bridgehead atoms. The first kappa shape index (κ1) is 21.7. The lowest BCUT2D eigenvalue weighted by Crippen LogP contribution is -2.26. The molecule has 0 aliphatic carbocycles. The number of carbonyl (C=O) groups excluding carboxylic acids is 1. The minimum atomic E-state index is -3.58. The van der Waals surface area contributed by atoms with Gasteiger partial charge in [0.05, 0.1) is 4.90 Å². The number of hydrogen-bond donors (Lipinski definition) is 1. The number of benzene rings is 3. The molecule has 30 heavy (non-hydrogen) atoms. The summed E-state index contributed by atoms with van der Waals surface area (Å²) in [7, 11) is -2.02. The molecule has 0 aromatic heterocycles. The average molecular weight is 423 g/mol. The molecule has 0 fully saturated rings. The minimum Gasteiger partial charge on any atom is -0.322 e. The van der Waals surface area contributed by atoms with Crippen molar-refractivity contribution in [1.82, 2.24) is 4.31 Å². The molecular formula is C24H26N2O3S. The van der Waals surface area contributed by atoms with Crippen molar-refractivity contribution in [1.29, 1.82) is 0 Å². The summed E-state index contributed by atoms with van der Waals surface area (Å²) < 4.78 is 26.8. The van der Waals surface area contributed by atoms with Crippen LogP contribution in [0.25, 0.3) is 0 Å². The fourth-order valence-corrected chi connectivity index (χ4v) is 4.23. The highest BCUT2D eigenvalue weighted by Gasteiger charge is 2.20. The van der Waals surface area contributed by atoms with E-state index in [1.165, 1.54) is 4.31 Å². The van der Waals surface area contributed by atoms with Crippen LogP contribution in [0.3, 0.4) is 0 Å². The van der Waals surface area contributed by atoms with Crippen molar-refractivity contribution in [2.75, 3.05) is 12.4 Å². The molecule has 0 aliphatic rings. The quantitative estimate of drug-likeness (QED) is 0.627. The molecule has 1 N–H and O–H groups in total. The van der Waals surface area contributed by atoms with Crippen molar-refractivity contribution in [2.24, 2.45) is 0 Å². The summed E-state index contributed by atoms with van der Waals surface area (Å²) in [6, 6.07) is 19.5. The molecule has 5 nitrogen and oxygen atoms in total. The van der Waals surface area contributed by atoms with Gasteiger partial charge in [0.25, 0.3) is 5.91 Å². The zero-order chi connectivity index (χ0) is 21.9. The normalized spacial score (nSPS) is 11.5. The molecular weight excluding hydrogens is 396 g/mol.